The van der Waals surface area contributed by atoms with Gasteiger partial charge in [0.1, 0.15) is 11.3 Å². The molecule has 0 aliphatic carbocycles. The molecule has 0 radical (unpaired) electrons. The summed E-state index contributed by atoms with van der Waals surface area (Å²) in [7, 11) is 0. The quantitative estimate of drug-likeness (QED) is 0.664. The fraction of sp³-hybridized carbons (Fsp3) is 0.500. The van der Waals surface area contributed by atoms with Gasteiger partial charge >= 0.3 is 0 Å². The van der Waals surface area contributed by atoms with Gasteiger partial charge in [-0.25, -0.2) is 0 Å². The van der Waals surface area contributed by atoms with Crippen molar-refractivity contribution < 1.29 is 14.6 Å². The van der Waals surface area contributed by atoms with Crippen molar-refractivity contribution in [2.24, 2.45) is 0 Å². The van der Waals surface area contributed by atoms with Crippen LogP contribution in [-0.2, 0) is 0 Å². The number of aliphatic hydroxyl groups is 2. The Bertz CT molecular complexity index is 510. The second-order valence-corrected chi connectivity index (χ2v) is 6.14. The molecule has 2 aromatic rings. The third-order valence-corrected chi connectivity index (χ3v) is 4.42. The summed E-state index contributed by atoms with van der Waals surface area (Å²) in [5.41, 5.74) is 0.899. The van der Waals surface area contributed by atoms with E-state index < -0.39 is 6.10 Å². The SMILES string of the molecule is CCCNC(CSCC(O)CO)c1cc2ccccc2o1. The van der Waals surface area contributed by atoms with Gasteiger partial charge in [-0.15, -0.1) is 0 Å². The van der Waals surface area contributed by atoms with E-state index in [0.717, 1.165) is 35.4 Å². The van der Waals surface area contributed by atoms with Gasteiger partial charge in [-0.1, -0.05) is 25.1 Å². The number of aliphatic hydroxyl groups excluding tert-OH is 2. The summed E-state index contributed by atoms with van der Waals surface area (Å²) in [4.78, 5) is 0. The number of hydrogen-bond donors (Lipinski definition) is 3. The van der Waals surface area contributed by atoms with Crippen LogP contribution in [-0.4, -0.2) is 41.0 Å². The van der Waals surface area contributed by atoms with Gasteiger partial charge in [0, 0.05) is 16.9 Å². The van der Waals surface area contributed by atoms with Crippen LogP contribution in [0.5, 0.6) is 0 Å². The minimum atomic E-state index is -0.655. The van der Waals surface area contributed by atoms with E-state index in [1.165, 1.54) is 0 Å². The van der Waals surface area contributed by atoms with Gasteiger partial charge in [0.05, 0.1) is 18.8 Å². The molecular formula is C16H23NO3S. The minimum absolute atomic E-state index is 0.119. The van der Waals surface area contributed by atoms with Gasteiger partial charge in [-0.05, 0) is 25.1 Å². The average Bonchev–Trinajstić information content (AvgIpc) is 2.94. The third kappa shape index (κ3) is 4.74. The standard InChI is InChI=1S/C16H23NO3S/c1-2-7-17-14(11-21-10-13(19)9-18)16-8-12-5-3-4-6-15(12)20-16/h3-6,8,13-14,17-19H,2,7,9-11H2,1H3. The van der Waals surface area contributed by atoms with Crippen LogP contribution in [0.25, 0.3) is 11.0 Å². The van der Waals surface area contributed by atoms with Crippen LogP contribution >= 0.6 is 11.8 Å². The van der Waals surface area contributed by atoms with Crippen LogP contribution in [0.4, 0.5) is 0 Å². The number of fused-ring (bicyclic) bond motifs is 1. The molecule has 0 aliphatic heterocycles. The highest BCUT2D eigenvalue weighted by Crippen LogP contribution is 2.26. The second-order valence-electron chi connectivity index (χ2n) is 5.07. The Kier molecular flexibility index (Phi) is 6.57. The van der Waals surface area contributed by atoms with Crippen molar-refractivity contribution in [2.45, 2.75) is 25.5 Å². The first-order valence-electron chi connectivity index (χ1n) is 7.33. The topological polar surface area (TPSA) is 65.6 Å². The maximum atomic E-state index is 9.42. The Morgan fingerprint density at radius 1 is 1.29 bits per heavy atom. The molecule has 0 aliphatic rings. The lowest BCUT2D eigenvalue weighted by molar-refractivity contribution is 0.113. The first kappa shape index (κ1) is 16.4. The largest absolute Gasteiger partial charge is 0.459 e. The van der Waals surface area contributed by atoms with Crippen LogP contribution in [0.2, 0.25) is 0 Å². The zero-order chi connectivity index (χ0) is 15.1. The lowest BCUT2D eigenvalue weighted by Crippen LogP contribution is -2.25. The molecule has 0 amide bonds. The second kappa shape index (κ2) is 8.44. The minimum Gasteiger partial charge on any atom is -0.459 e. The molecule has 21 heavy (non-hydrogen) atoms. The predicted octanol–water partition coefficient (Wildman–Crippen LogP) is 2.56. The lowest BCUT2D eigenvalue weighted by Gasteiger charge is -2.16. The first-order valence-corrected chi connectivity index (χ1v) is 8.48. The van der Waals surface area contributed by atoms with E-state index in [-0.39, 0.29) is 12.6 Å². The molecule has 2 rings (SSSR count). The van der Waals surface area contributed by atoms with E-state index in [1.807, 2.05) is 24.3 Å². The summed E-state index contributed by atoms with van der Waals surface area (Å²) in [5, 5.41) is 22.9. The summed E-state index contributed by atoms with van der Waals surface area (Å²) >= 11 is 1.62. The molecule has 2 unspecified atom stereocenters. The van der Waals surface area contributed by atoms with Crippen LogP contribution in [0.3, 0.4) is 0 Å². The van der Waals surface area contributed by atoms with Crippen molar-refractivity contribution >= 4 is 22.7 Å². The maximum absolute atomic E-state index is 9.42. The van der Waals surface area contributed by atoms with Crippen molar-refractivity contribution in [3.63, 3.8) is 0 Å². The molecule has 1 aromatic heterocycles. The monoisotopic (exact) mass is 309 g/mol. The molecule has 0 spiro atoms. The zero-order valence-electron chi connectivity index (χ0n) is 12.3. The van der Waals surface area contributed by atoms with Crippen molar-refractivity contribution in [2.75, 3.05) is 24.7 Å². The van der Waals surface area contributed by atoms with Crippen molar-refractivity contribution in [3.8, 4) is 0 Å². The molecule has 0 saturated carbocycles. The smallest absolute Gasteiger partial charge is 0.134 e. The van der Waals surface area contributed by atoms with Crippen LogP contribution < -0.4 is 5.32 Å². The summed E-state index contributed by atoms with van der Waals surface area (Å²) in [6.07, 6.45) is 0.401. The van der Waals surface area contributed by atoms with Gasteiger partial charge in [0.25, 0.3) is 0 Å². The van der Waals surface area contributed by atoms with E-state index in [0.29, 0.717) is 5.75 Å². The fourth-order valence-electron chi connectivity index (χ4n) is 2.11. The molecule has 0 fully saturated rings. The van der Waals surface area contributed by atoms with Crippen molar-refractivity contribution in [1.29, 1.82) is 0 Å². The number of benzene rings is 1. The first-order chi connectivity index (χ1) is 10.2. The molecule has 1 heterocycles. The lowest BCUT2D eigenvalue weighted by atomic mass is 10.2. The molecule has 2 atom stereocenters. The number of thioether (sulfide) groups is 1. The molecule has 0 bridgehead atoms. The zero-order valence-corrected chi connectivity index (χ0v) is 13.1. The van der Waals surface area contributed by atoms with E-state index >= 15 is 0 Å². The Morgan fingerprint density at radius 2 is 2.10 bits per heavy atom. The highest BCUT2D eigenvalue weighted by Gasteiger charge is 2.16. The summed E-state index contributed by atoms with van der Waals surface area (Å²) < 4.78 is 5.92. The third-order valence-electron chi connectivity index (χ3n) is 3.23. The van der Waals surface area contributed by atoms with Crippen molar-refractivity contribution in [1.82, 2.24) is 5.32 Å². The van der Waals surface area contributed by atoms with Crippen LogP contribution in [0.1, 0.15) is 25.1 Å². The van der Waals surface area contributed by atoms with Gasteiger partial charge in [-0.2, -0.15) is 11.8 Å². The maximum Gasteiger partial charge on any atom is 0.134 e. The highest BCUT2D eigenvalue weighted by atomic mass is 32.2. The van der Waals surface area contributed by atoms with Gasteiger partial charge in [0.15, 0.2) is 0 Å². The molecular weight excluding hydrogens is 286 g/mol. The summed E-state index contributed by atoms with van der Waals surface area (Å²) in [6.45, 7) is 2.86. The number of para-hydroxylation sites is 1. The number of furan rings is 1. The Balaban J connectivity index is 2.03. The summed E-state index contributed by atoms with van der Waals surface area (Å²) in [5.74, 6) is 2.26. The normalized spacial score (nSPS) is 14.4. The molecule has 0 saturated heterocycles. The van der Waals surface area contributed by atoms with Crippen LogP contribution in [0, 0.1) is 0 Å². The highest BCUT2D eigenvalue weighted by molar-refractivity contribution is 7.99. The Morgan fingerprint density at radius 3 is 2.81 bits per heavy atom. The number of hydrogen-bond acceptors (Lipinski definition) is 5. The number of nitrogens with one attached hydrogen (secondary N) is 1. The summed E-state index contributed by atoms with van der Waals surface area (Å²) in [6, 6.07) is 10.2. The van der Waals surface area contributed by atoms with Gasteiger partial charge in [-0.3, -0.25) is 0 Å². The molecule has 3 N–H and O–H groups in total. The van der Waals surface area contributed by atoms with Crippen molar-refractivity contribution in [3.05, 3.63) is 36.1 Å². The fourth-order valence-corrected chi connectivity index (χ4v) is 3.14. The molecule has 5 heteroatoms. The van der Waals surface area contributed by atoms with Gasteiger partial charge < -0.3 is 19.9 Å². The number of rotatable bonds is 9. The van der Waals surface area contributed by atoms with Crippen LogP contribution in [0.15, 0.2) is 34.7 Å². The van der Waals surface area contributed by atoms with E-state index in [1.54, 1.807) is 11.8 Å². The van der Waals surface area contributed by atoms with E-state index in [4.69, 9.17) is 9.52 Å². The molecule has 1 aromatic carbocycles. The molecule has 116 valence electrons. The van der Waals surface area contributed by atoms with Gasteiger partial charge in [0.2, 0.25) is 0 Å². The Labute approximate surface area is 129 Å². The molecule has 4 nitrogen and oxygen atoms in total. The predicted molar refractivity (Wildman–Crippen MR) is 87.7 cm³/mol. The van der Waals surface area contributed by atoms with E-state index in [9.17, 15) is 5.11 Å². The van der Waals surface area contributed by atoms with E-state index in [2.05, 4.69) is 18.3 Å². The average molecular weight is 309 g/mol. The Hall–Kier alpha value is -1.01.